The second kappa shape index (κ2) is 8.36. The zero-order valence-corrected chi connectivity index (χ0v) is 15.7. The maximum atomic E-state index is 12.4. The lowest BCUT2D eigenvalue weighted by atomic mass is 10.0. The summed E-state index contributed by atoms with van der Waals surface area (Å²) in [7, 11) is 3.19. The molecule has 5 heteroatoms. The highest BCUT2D eigenvalue weighted by atomic mass is 16.5. The number of ether oxygens (including phenoxy) is 2. The molecule has 0 aromatic heterocycles. The van der Waals surface area contributed by atoms with Crippen molar-refractivity contribution in [2.45, 2.75) is 13.3 Å². The van der Waals surface area contributed by atoms with Crippen LogP contribution in [0.25, 0.3) is 10.8 Å². The first kappa shape index (κ1) is 18.5. The van der Waals surface area contributed by atoms with Crippen molar-refractivity contribution in [3.8, 4) is 11.5 Å². The Kier molecular flexibility index (Phi) is 5.71. The molecule has 0 aliphatic carbocycles. The quantitative estimate of drug-likeness (QED) is 0.534. The number of amides is 1. The number of rotatable bonds is 6. The molecule has 3 aromatic carbocycles. The Balaban J connectivity index is 1.74. The zero-order chi connectivity index (χ0) is 19.2. The Bertz CT molecular complexity index is 991. The summed E-state index contributed by atoms with van der Waals surface area (Å²) in [5.74, 6) is 1.17. The minimum absolute atomic E-state index is 0.168. The summed E-state index contributed by atoms with van der Waals surface area (Å²) in [6.45, 7) is 1.82. The van der Waals surface area contributed by atoms with Gasteiger partial charge in [-0.1, -0.05) is 42.5 Å². The van der Waals surface area contributed by atoms with Gasteiger partial charge in [0, 0.05) is 11.6 Å². The maximum Gasteiger partial charge on any atom is 0.244 e. The number of methoxy groups -OCH3 is 2. The SMILES string of the molecule is COc1ccc(/C(C)=N/NC(=O)Cc2cccc3ccccc23)c(OC)c1. The molecule has 0 saturated heterocycles. The number of carbonyl (C=O) groups is 1. The first-order chi connectivity index (χ1) is 13.1. The molecule has 0 aliphatic heterocycles. The first-order valence-corrected chi connectivity index (χ1v) is 8.64. The smallest absolute Gasteiger partial charge is 0.244 e. The van der Waals surface area contributed by atoms with Gasteiger partial charge in [0.05, 0.1) is 26.4 Å². The fourth-order valence-electron chi connectivity index (χ4n) is 2.96. The molecular formula is C22H22N2O3. The van der Waals surface area contributed by atoms with Crippen LogP contribution in [0.15, 0.2) is 65.8 Å². The highest BCUT2D eigenvalue weighted by molar-refractivity contribution is 6.02. The van der Waals surface area contributed by atoms with E-state index in [9.17, 15) is 4.79 Å². The Morgan fingerprint density at radius 3 is 2.56 bits per heavy atom. The van der Waals surface area contributed by atoms with Gasteiger partial charge in [-0.25, -0.2) is 5.43 Å². The number of fused-ring (bicyclic) bond motifs is 1. The Morgan fingerprint density at radius 1 is 1.00 bits per heavy atom. The van der Waals surface area contributed by atoms with Crippen molar-refractivity contribution in [3.63, 3.8) is 0 Å². The summed E-state index contributed by atoms with van der Waals surface area (Å²) in [5, 5.41) is 6.42. The van der Waals surface area contributed by atoms with Crippen LogP contribution in [0.1, 0.15) is 18.1 Å². The standard InChI is InChI=1S/C22H22N2O3/c1-15(19-12-11-18(26-2)14-21(19)27-3)23-24-22(25)13-17-9-6-8-16-7-4-5-10-20(16)17/h4-12,14H,13H2,1-3H3,(H,24,25)/b23-15+. The Labute approximate surface area is 158 Å². The second-order valence-electron chi connectivity index (χ2n) is 6.11. The van der Waals surface area contributed by atoms with E-state index in [0.29, 0.717) is 17.2 Å². The van der Waals surface area contributed by atoms with Crippen LogP contribution in [0.5, 0.6) is 11.5 Å². The third-order valence-corrected chi connectivity index (χ3v) is 4.38. The molecule has 1 N–H and O–H groups in total. The second-order valence-corrected chi connectivity index (χ2v) is 6.11. The molecule has 1 amide bonds. The van der Waals surface area contributed by atoms with Crippen molar-refractivity contribution in [2.24, 2.45) is 5.10 Å². The van der Waals surface area contributed by atoms with Crippen LogP contribution in [0.2, 0.25) is 0 Å². The predicted molar refractivity (Wildman–Crippen MR) is 108 cm³/mol. The van der Waals surface area contributed by atoms with Crippen LogP contribution < -0.4 is 14.9 Å². The monoisotopic (exact) mass is 362 g/mol. The fraction of sp³-hybridized carbons (Fsp3) is 0.182. The highest BCUT2D eigenvalue weighted by Crippen LogP contribution is 2.25. The predicted octanol–water partition coefficient (Wildman–Crippen LogP) is 3.94. The van der Waals surface area contributed by atoms with E-state index in [1.807, 2.05) is 61.5 Å². The van der Waals surface area contributed by atoms with Crippen LogP contribution in [0.3, 0.4) is 0 Å². The number of hydrogen-bond donors (Lipinski definition) is 1. The summed E-state index contributed by atoms with van der Waals surface area (Å²) in [5.41, 5.74) is 5.06. The van der Waals surface area contributed by atoms with Crippen molar-refractivity contribution in [1.82, 2.24) is 5.43 Å². The minimum Gasteiger partial charge on any atom is -0.497 e. The molecule has 0 radical (unpaired) electrons. The Hall–Kier alpha value is -3.34. The lowest BCUT2D eigenvalue weighted by molar-refractivity contribution is -0.120. The molecule has 3 aromatic rings. The molecule has 138 valence electrons. The third-order valence-electron chi connectivity index (χ3n) is 4.38. The largest absolute Gasteiger partial charge is 0.497 e. The van der Waals surface area contributed by atoms with Crippen LogP contribution in [-0.2, 0) is 11.2 Å². The molecule has 0 bridgehead atoms. The average molecular weight is 362 g/mol. The topological polar surface area (TPSA) is 59.9 Å². The maximum absolute atomic E-state index is 12.4. The molecule has 0 saturated carbocycles. The lowest BCUT2D eigenvalue weighted by Crippen LogP contribution is -2.21. The molecule has 27 heavy (non-hydrogen) atoms. The van der Waals surface area contributed by atoms with Gasteiger partial charge in [0.2, 0.25) is 5.91 Å². The molecule has 0 unspecified atom stereocenters. The van der Waals surface area contributed by atoms with Crippen molar-refractivity contribution in [1.29, 1.82) is 0 Å². The lowest BCUT2D eigenvalue weighted by Gasteiger charge is -2.10. The molecular weight excluding hydrogens is 340 g/mol. The molecule has 5 nitrogen and oxygen atoms in total. The average Bonchev–Trinajstić information content (AvgIpc) is 2.71. The summed E-state index contributed by atoms with van der Waals surface area (Å²) in [6, 6.07) is 19.4. The van der Waals surface area contributed by atoms with E-state index in [2.05, 4.69) is 10.5 Å². The van der Waals surface area contributed by atoms with Gasteiger partial charge in [-0.15, -0.1) is 0 Å². The number of carbonyl (C=O) groups excluding carboxylic acids is 1. The summed E-state index contributed by atoms with van der Waals surface area (Å²) in [4.78, 5) is 12.4. The van der Waals surface area contributed by atoms with Gasteiger partial charge < -0.3 is 9.47 Å². The van der Waals surface area contributed by atoms with E-state index in [1.54, 1.807) is 20.3 Å². The van der Waals surface area contributed by atoms with Crippen LogP contribution in [0.4, 0.5) is 0 Å². The third kappa shape index (κ3) is 4.26. The summed E-state index contributed by atoms with van der Waals surface area (Å²) < 4.78 is 10.6. The molecule has 0 fully saturated rings. The summed E-state index contributed by atoms with van der Waals surface area (Å²) in [6.07, 6.45) is 0.262. The van der Waals surface area contributed by atoms with Crippen molar-refractivity contribution >= 4 is 22.4 Å². The van der Waals surface area contributed by atoms with Crippen molar-refractivity contribution < 1.29 is 14.3 Å². The first-order valence-electron chi connectivity index (χ1n) is 8.64. The zero-order valence-electron chi connectivity index (χ0n) is 15.7. The van der Waals surface area contributed by atoms with Crippen LogP contribution in [-0.4, -0.2) is 25.8 Å². The minimum atomic E-state index is -0.168. The number of hydrazone groups is 1. The van der Waals surface area contributed by atoms with E-state index in [0.717, 1.165) is 21.9 Å². The van der Waals surface area contributed by atoms with Crippen molar-refractivity contribution in [2.75, 3.05) is 14.2 Å². The van der Waals surface area contributed by atoms with E-state index in [1.165, 1.54) is 0 Å². The van der Waals surface area contributed by atoms with E-state index in [-0.39, 0.29) is 12.3 Å². The molecule has 0 atom stereocenters. The van der Waals surface area contributed by atoms with Gasteiger partial charge in [0.15, 0.2) is 0 Å². The van der Waals surface area contributed by atoms with Gasteiger partial charge in [-0.2, -0.15) is 5.10 Å². The summed E-state index contributed by atoms with van der Waals surface area (Å²) >= 11 is 0. The normalized spacial score (nSPS) is 11.3. The van der Waals surface area contributed by atoms with Crippen molar-refractivity contribution in [3.05, 3.63) is 71.8 Å². The molecule has 0 spiro atoms. The fourth-order valence-corrected chi connectivity index (χ4v) is 2.96. The molecule has 0 heterocycles. The van der Waals surface area contributed by atoms with Gasteiger partial charge in [0.25, 0.3) is 0 Å². The Morgan fingerprint density at radius 2 is 1.78 bits per heavy atom. The van der Waals surface area contributed by atoms with E-state index < -0.39 is 0 Å². The van der Waals surface area contributed by atoms with Crippen LogP contribution in [0, 0.1) is 0 Å². The van der Waals surface area contributed by atoms with Gasteiger partial charge in [0.1, 0.15) is 11.5 Å². The van der Waals surface area contributed by atoms with Gasteiger partial charge in [-0.05, 0) is 35.4 Å². The van der Waals surface area contributed by atoms with Gasteiger partial charge in [-0.3, -0.25) is 4.79 Å². The molecule has 3 rings (SSSR count). The number of nitrogens with zero attached hydrogens (tertiary/aromatic N) is 1. The number of hydrogen-bond acceptors (Lipinski definition) is 4. The highest BCUT2D eigenvalue weighted by Gasteiger charge is 2.10. The van der Waals surface area contributed by atoms with E-state index in [4.69, 9.17) is 9.47 Å². The number of nitrogens with one attached hydrogen (secondary N) is 1. The molecule has 0 aliphatic rings. The van der Waals surface area contributed by atoms with E-state index >= 15 is 0 Å². The van der Waals surface area contributed by atoms with Crippen LogP contribution >= 0.6 is 0 Å². The van der Waals surface area contributed by atoms with Gasteiger partial charge >= 0.3 is 0 Å². The number of benzene rings is 3.